The Morgan fingerprint density at radius 3 is 1.35 bits per heavy atom. The molecule has 0 unspecified atom stereocenters. The van der Waals surface area contributed by atoms with Gasteiger partial charge in [-0.25, -0.2) is 9.59 Å². The summed E-state index contributed by atoms with van der Waals surface area (Å²) >= 11 is 0. The number of hydrogen-bond acceptors (Lipinski definition) is 5. The van der Waals surface area contributed by atoms with Crippen LogP contribution in [0.25, 0.3) is 0 Å². The second kappa shape index (κ2) is 10.9. The molecule has 2 amide bonds. The zero-order chi connectivity index (χ0) is 23.2. The van der Waals surface area contributed by atoms with Crippen molar-refractivity contribution < 1.29 is 24.2 Å². The van der Waals surface area contributed by atoms with Gasteiger partial charge in [-0.15, -0.1) is 0 Å². The van der Waals surface area contributed by atoms with Crippen molar-refractivity contribution in [3.8, 4) is 0 Å². The lowest BCUT2D eigenvalue weighted by Gasteiger charge is -2.36. The monoisotopic (exact) mass is 440 g/mol. The molecule has 2 saturated heterocycles. The smallest absolute Gasteiger partial charge is 0.410 e. The Bertz CT molecular complexity index is 530. The number of carbonyl (C=O) groups excluding carboxylic acids is 2. The highest BCUT2D eigenvalue weighted by molar-refractivity contribution is 5.68. The largest absolute Gasteiger partial charge is 0.444 e. The molecule has 0 aromatic carbocycles. The highest BCUT2D eigenvalue weighted by Gasteiger charge is 2.31. The van der Waals surface area contributed by atoms with Gasteiger partial charge >= 0.3 is 12.2 Å². The Labute approximate surface area is 188 Å². The molecule has 0 radical (unpaired) electrons. The summed E-state index contributed by atoms with van der Waals surface area (Å²) in [7, 11) is 0. The standard InChI is InChI=1S/C24H44N2O5/c1-23(2,3)30-21(28)25-11-7-18(8-12-25)15-20(17-27)16-19-9-13-26(14-10-19)22(29)31-24(4,5)6/h18-20,27H,7-17H2,1-6H3. The molecule has 180 valence electrons. The summed E-state index contributed by atoms with van der Waals surface area (Å²) in [5.74, 6) is 1.37. The first-order chi connectivity index (χ1) is 14.4. The summed E-state index contributed by atoms with van der Waals surface area (Å²) in [6.07, 6.45) is 5.43. The quantitative estimate of drug-likeness (QED) is 0.672. The van der Waals surface area contributed by atoms with Crippen molar-refractivity contribution in [2.75, 3.05) is 32.8 Å². The molecule has 7 nitrogen and oxygen atoms in total. The number of rotatable bonds is 5. The topological polar surface area (TPSA) is 79.3 Å². The molecule has 2 aliphatic rings. The zero-order valence-corrected chi connectivity index (χ0v) is 20.5. The van der Waals surface area contributed by atoms with E-state index in [1.165, 1.54) is 0 Å². The summed E-state index contributed by atoms with van der Waals surface area (Å²) in [6.45, 7) is 14.5. The minimum absolute atomic E-state index is 0.207. The first-order valence-electron chi connectivity index (χ1n) is 11.9. The lowest BCUT2D eigenvalue weighted by Crippen LogP contribution is -2.42. The molecular weight excluding hydrogens is 396 g/mol. The molecule has 0 bridgehead atoms. The van der Waals surface area contributed by atoms with Gasteiger partial charge in [0.25, 0.3) is 0 Å². The number of aliphatic hydroxyl groups excluding tert-OH is 1. The van der Waals surface area contributed by atoms with Gasteiger partial charge in [-0.1, -0.05) is 0 Å². The van der Waals surface area contributed by atoms with E-state index in [1.54, 1.807) is 0 Å². The van der Waals surface area contributed by atoms with Crippen LogP contribution in [0.3, 0.4) is 0 Å². The summed E-state index contributed by atoms with van der Waals surface area (Å²) in [5.41, 5.74) is -0.927. The Morgan fingerprint density at radius 1 is 0.774 bits per heavy atom. The average molecular weight is 441 g/mol. The second-order valence-electron chi connectivity index (χ2n) is 11.3. The van der Waals surface area contributed by atoms with Gasteiger partial charge in [0.1, 0.15) is 11.2 Å². The summed E-state index contributed by atoms with van der Waals surface area (Å²) in [5, 5.41) is 9.95. The van der Waals surface area contributed by atoms with E-state index in [9.17, 15) is 14.7 Å². The Hall–Kier alpha value is -1.50. The van der Waals surface area contributed by atoms with E-state index in [2.05, 4.69) is 0 Å². The number of piperidine rings is 2. The van der Waals surface area contributed by atoms with Gasteiger partial charge in [0, 0.05) is 32.8 Å². The maximum atomic E-state index is 12.2. The number of ether oxygens (including phenoxy) is 2. The molecule has 0 aliphatic carbocycles. The number of aliphatic hydroxyl groups is 1. The van der Waals surface area contributed by atoms with Crippen LogP contribution < -0.4 is 0 Å². The maximum Gasteiger partial charge on any atom is 0.410 e. The minimum Gasteiger partial charge on any atom is -0.444 e. The Balaban J connectivity index is 1.71. The van der Waals surface area contributed by atoms with E-state index in [-0.39, 0.29) is 24.7 Å². The van der Waals surface area contributed by atoms with Gasteiger partial charge < -0.3 is 24.4 Å². The van der Waals surface area contributed by atoms with Gasteiger partial charge in [0.15, 0.2) is 0 Å². The van der Waals surface area contributed by atoms with Crippen LogP contribution in [0.5, 0.6) is 0 Å². The van der Waals surface area contributed by atoms with Crippen molar-refractivity contribution in [1.82, 2.24) is 9.80 Å². The molecule has 0 aromatic heterocycles. The second-order valence-corrected chi connectivity index (χ2v) is 11.3. The van der Waals surface area contributed by atoms with Gasteiger partial charge in [-0.3, -0.25) is 0 Å². The predicted octanol–water partition coefficient (Wildman–Crippen LogP) is 4.67. The van der Waals surface area contributed by atoms with Crippen LogP contribution in [0.15, 0.2) is 0 Å². The maximum absolute atomic E-state index is 12.2. The van der Waals surface area contributed by atoms with Crippen molar-refractivity contribution in [1.29, 1.82) is 0 Å². The molecular formula is C24H44N2O5. The van der Waals surface area contributed by atoms with Crippen LogP contribution in [0, 0.1) is 17.8 Å². The van der Waals surface area contributed by atoms with E-state index in [1.807, 2.05) is 51.3 Å². The Morgan fingerprint density at radius 2 is 1.10 bits per heavy atom. The first kappa shape index (κ1) is 25.8. The molecule has 0 spiro atoms. The third-order valence-corrected chi connectivity index (χ3v) is 6.12. The zero-order valence-electron chi connectivity index (χ0n) is 20.5. The van der Waals surface area contributed by atoms with E-state index in [0.29, 0.717) is 11.8 Å². The van der Waals surface area contributed by atoms with Gasteiger partial charge in [-0.05, 0) is 97.8 Å². The SMILES string of the molecule is CC(C)(C)OC(=O)N1CCC(CC(CO)CC2CCN(C(=O)OC(C)(C)C)CC2)CC1. The minimum atomic E-state index is -0.463. The molecule has 1 N–H and O–H groups in total. The molecule has 2 fully saturated rings. The van der Waals surface area contributed by atoms with Crippen LogP contribution >= 0.6 is 0 Å². The number of amides is 2. The number of likely N-dealkylation sites (tertiary alicyclic amines) is 2. The van der Waals surface area contributed by atoms with E-state index < -0.39 is 11.2 Å². The van der Waals surface area contributed by atoms with Crippen LogP contribution in [0.2, 0.25) is 0 Å². The van der Waals surface area contributed by atoms with Gasteiger partial charge in [0.2, 0.25) is 0 Å². The third kappa shape index (κ3) is 9.26. The molecule has 2 heterocycles. The highest BCUT2D eigenvalue weighted by Crippen LogP contribution is 2.31. The summed E-state index contributed by atoms with van der Waals surface area (Å²) < 4.78 is 11.0. The molecule has 0 saturated carbocycles. The highest BCUT2D eigenvalue weighted by atomic mass is 16.6. The van der Waals surface area contributed by atoms with Crippen LogP contribution in [0.4, 0.5) is 9.59 Å². The van der Waals surface area contributed by atoms with Crippen molar-refractivity contribution in [2.45, 2.75) is 91.3 Å². The Kier molecular flexibility index (Phi) is 9.04. The van der Waals surface area contributed by atoms with Crippen LogP contribution in [0.1, 0.15) is 80.1 Å². The normalized spacial score (nSPS) is 19.6. The van der Waals surface area contributed by atoms with Gasteiger partial charge in [0.05, 0.1) is 0 Å². The van der Waals surface area contributed by atoms with Crippen molar-refractivity contribution in [3.05, 3.63) is 0 Å². The van der Waals surface area contributed by atoms with Crippen molar-refractivity contribution in [2.24, 2.45) is 17.8 Å². The lowest BCUT2D eigenvalue weighted by molar-refractivity contribution is 0.0156. The number of nitrogens with zero attached hydrogens (tertiary/aromatic N) is 2. The molecule has 2 rings (SSSR count). The molecule has 2 aliphatic heterocycles. The van der Waals surface area contributed by atoms with Gasteiger partial charge in [-0.2, -0.15) is 0 Å². The molecule has 7 heteroatoms. The molecule has 0 aromatic rings. The third-order valence-electron chi connectivity index (χ3n) is 6.12. The number of carbonyl (C=O) groups is 2. The first-order valence-corrected chi connectivity index (χ1v) is 11.9. The number of hydrogen-bond donors (Lipinski definition) is 1. The fourth-order valence-corrected chi connectivity index (χ4v) is 4.54. The summed E-state index contributed by atoms with van der Waals surface area (Å²) in [4.78, 5) is 28.1. The van der Waals surface area contributed by atoms with E-state index in [4.69, 9.17) is 9.47 Å². The predicted molar refractivity (Wildman–Crippen MR) is 121 cm³/mol. The average Bonchev–Trinajstić information content (AvgIpc) is 2.66. The van der Waals surface area contributed by atoms with E-state index >= 15 is 0 Å². The fourth-order valence-electron chi connectivity index (χ4n) is 4.54. The van der Waals surface area contributed by atoms with Crippen molar-refractivity contribution in [3.63, 3.8) is 0 Å². The fraction of sp³-hybridized carbons (Fsp3) is 0.917. The van der Waals surface area contributed by atoms with Crippen LogP contribution in [-0.2, 0) is 9.47 Å². The molecule has 0 atom stereocenters. The van der Waals surface area contributed by atoms with Crippen LogP contribution in [-0.4, -0.2) is 71.1 Å². The molecule has 31 heavy (non-hydrogen) atoms. The summed E-state index contributed by atoms with van der Waals surface area (Å²) in [6, 6.07) is 0. The lowest BCUT2D eigenvalue weighted by atomic mass is 9.81. The van der Waals surface area contributed by atoms with E-state index in [0.717, 1.165) is 64.7 Å². The van der Waals surface area contributed by atoms with Crippen molar-refractivity contribution >= 4 is 12.2 Å².